The number of para-hydroxylation sites is 2. The van der Waals surface area contributed by atoms with E-state index in [-0.39, 0.29) is 0 Å². The monoisotopic (exact) mass is 536 g/mol. The highest BCUT2D eigenvalue weighted by Gasteiger charge is 2.15. The van der Waals surface area contributed by atoms with E-state index in [1.807, 2.05) is 24.5 Å². The van der Waals surface area contributed by atoms with E-state index >= 15 is 0 Å². The second-order valence-corrected chi connectivity index (χ2v) is 11.8. The summed E-state index contributed by atoms with van der Waals surface area (Å²) in [5.74, 6) is 1.90. The van der Waals surface area contributed by atoms with E-state index in [1.54, 1.807) is 0 Å². The molecule has 4 rings (SSSR count). The average Bonchev–Trinajstić information content (AvgIpc) is 3.64. The van der Waals surface area contributed by atoms with Crippen LogP contribution in [0.15, 0.2) is 83.0 Å². The van der Waals surface area contributed by atoms with Gasteiger partial charge in [-0.05, 0) is 84.0 Å². The molecule has 0 atom stereocenters. The first kappa shape index (κ1) is 30.9. The summed E-state index contributed by atoms with van der Waals surface area (Å²) in [7, 11) is 0. The van der Waals surface area contributed by atoms with Crippen LogP contribution in [0.3, 0.4) is 0 Å². The van der Waals surface area contributed by atoms with Gasteiger partial charge in [-0.2, -0.15) is 0 Å². The molecule has 2 aromatic carbocycles. The molecular formula is C36H48N4. The summed E-state index contributed by atoms with van der Waals surface area (Å²) in [6.07, 6.45) is 3.87. The van der Waals surface area contributed by atoms with E-state index in [2.05, 4.69) is 128 Å². The van der Waals surface area contributed by atoms with Crippen molar-refractivity contribution in [2.75, 3.05) is 0 Å². The minimum absolute atomic E-state index is 0.476. The van der Waals surface area contributed by atoms with Gasteiger partial charge in [0.15, 0.2) is 0 Å². The van der Waals surface area contributed by atoms with Crippen LogP contribution in [0.4, 0.5) is 11.4 Å². The summed E-state index contributed by atoms with van der Waals surface area (Å²) in [5.41, 5.74) is 11.8. The van der Waals surface area contributed by atoms with Gasteiger partial charge in [0, 0.05) is 12.4 Å². The third kappa shape index (κ3) is 7.71. The Bertz CT molecular complexity index is 1240. The first-order valence-corrected chi connectivity index (χ1v) is 14.6. The topological polar surface area (TPSA) is 56.3 Å². The highest BCUT2D eigenvalue weighted by Crippen LogP contribution is 2.36. The van der Waals surface area contributed by atoms with E-state index in [0.717, 1.165) is 34.2 Å². The van der Waals surface area contributed by atoms with Crippen molar-refractivity contribution >= 4 is 22.8 Å². The molecule has 0 aliphatic carbocycles. The van der Waals surface area contributed by atoms with Crippen LogP contribution in [0.2, 0.25) is 0 Å². The lowest BCUT2D eigenvalue weighted by Gasteiger charge is -2.17. The van der Waals surface area contributed by atoms with E-state index in [9.17, 15) is 0 Å². The second-order valence-electron chi connectivity index (χ2n) is 11.8. The van der Waals surface area contributed by atoms with Crippen molar-refractivity contribution in [2.45, 2.75) is 92.9 Å². The molecule has 0 fully saturated rings. The summed E-state index contributed by atoms with van der Waals surface area (Å²) in [5, 5.41) is 0. The maximum Gasteiger partial charge on any atom is 0.0702 e. The molecule has 40 heavy (non-hydrogen) atoms. The van der Waals surface area contributed by atoms with E-state index in [0.29, 0.717) is 23.7 Å². The smallest absolute Gasteiger partial charge is 0.0702 e. The molecule has 0 aliphatic heterocycles. The standard InChI is InChI=1S/2C18H24N2/c2*1-12(2)15-8-6-9-16(13(3)4)18(15)20-14(5)17-10-7-11-19-17/h2*6-13,19H,1-5H3. The number of hydrogen-bond donors (Lipinski definition) is 2. The summed E-state index contributed by atoms with van der Waals surface area (Å²) in [4.78, 5) is 16.3. The first-order chi connectivity index (χ1) is 19.0. The highest BCUT2D eigenvalue weighted by atomic mass is 14.8. The van der Waals surface area contributed by atoms with Gasteiger partial charge in [-0.15, -0.1) is 0 Å². The summed E-state index contributed by atoms with van der Waals surface area (Å²) in [6.45, 7) is 21.9. The molecule has 0 spiro atoms. The molecule has 4 nitrogen and oxygen atoms in total. The lowest BCUT2D eigenvalue weighted by atomic mass is 9.93. The van der Waals surface area contributed by atoms with Crippen molar-refractivity contribution in [3.63, 3.8) is 0 Å². The Morgan fingerprint density at radius 3 is 1.00 bits per heavy atom. The number of aromatic amines is 2. The number of aliphatic imine (C=N–C) groups is 2. The number of rotatable bonds is 8. The van der Waals surface area contributed by atoms with Crippen molar-refractivity contribution in [3.8, 4) is 0 Å². The molecule has 0 amide bonds. The lowest BCUT2D eigenvalue weighted by Crippen LogP contribution is -1.99. The van der Waals surface area contributed by atoms with Crippen LogP contribution >= 0.6 is 0 Å². The van der Waals surface area contributed by atoms with Gasteiger partial charge < -0.3 is 9.97 Å². The number of benzene rings is 2. The minimum Gasteiger partial charge on any atom is -0.360 e. The molecule has 2 aromatic heterocycles. The van der Waals surface area contributed by atoms with Crippen molar-refractivity contribution in [2.24, 2.45) is 9.98 Å². The zero-order valence-electron chi connectivity index (χ0n) is 26.1. The van der Waals surface area contributed by atoms with Gasteiger partial charge >= 0.3 is 0 Å². The Morgan fingerprint density at radius 1 is 0.475 bits per heavy atom. The largest absolute Gasteiger partial charge is 0.360 e. The minimum atomic E-state index is 0.476. The number of hydrogen-bond acceptors (Lipinski definition) is 2. The fourth-order valence-corrected chi connectivity index (χ4v) is 4.85. The van der Waals surface area contributed by atoms with Crippen molar-refractivity contribution < 1.29 is 0 Å². The zero-order chi connectivity index (χ0) is 29.4. The first-order valence-electron chi connectivity index (χ1n) is 14.6. The van der Waals surface area contributed by atoms with E-state index in [1.165, 1.54) is 22.3 Å². The molecule has 0 saturated carbocycles. The number of H-pyrrole nitrogens is 2. The predicted molar refractivity (Wildman–Crippen MR) is 175 cm³/mol. The molecule has 0 aliphatic rings. The molecule has 0 bridgehead atoms. The maximum atomic E-state index is 4.93. The molecule has 4 aromatic rings. The summed E-state index contributed by atoms with van der Waals surface area (Å²) < 4.78 is 0. The Kier molecular flexibility index (Phi) is 10.9. The van der Waals surface area contributed by atoms with Gasteiger partial charge in [0.2, 0.25) is 0 Å². The van der Waals surface area contributed by atoms with Gasteiger partial charge in [-0.3, -0.25) is 9.98 Å². The third-order valence-electron chi connectivity index (χ3n) is 7.22. The van der Waals surface area contributed by atoms with Crippen molar-refractivity contribution in [3.05, 3.63) is 107 Å². The maximum absolute atomic E-state index is 4.93. The Hall–Kier alpha value is -3.66. The van der Waals surface area contributed by atoms with Crippen LogP contribution in [0.25, 0.3) is 0 Å². The number of nitrogens with one attached hydrogen (secondary N) is 2. The molecular weight excluding hydrogens is 488 g/mol. The van der Waals surface area contributed by atoms with Crippen LogP contribution in [0.1, 0.15) is 127 Å². The molecule has 4 heteroatoms. The van der Waals surface area contributed by atoms with Crippen molar-refractivity contribution in [1.82, 2.24) is 9.97 Å². The van der Waals surface area contributed by atoms with Crippen LogP contribution in [0.5, 0.6) is 0 Å². The van der Waals surface area contributed by atoms with Crippen molar-refractivity contribution in [1.29, 1.82) is 0 Å². The number of nitrogens with zero attached hydrogens (tertiary/aromatic N) is 2. The number of aromatic nitrogens is 2. The van der Waals surface area contributed by atoms with Gasteiger partial charge in [0.05, 0.1) is 34.2 Å². The third-order valence-corrected chi connectivity index (χ3v) is 7.22. The molecule has 2 N–H and O–H groups in total. The van der Waals surface area contributed by atoms with Gasteiger partial charge in [0.1, 0.15) is 0 Å². The summed E-state index contributed by atoms with van der Waals surface area (Å²) in [6, 6.07) is 21.2. The van der Waals surface area contributed by atoms with Crippen LogP contribution < -0.4 is 0 Å². The Balaban J connectivity index is 0.000000220. The van der Waals surface area contributed by atoms with Crippen LogP contribution in [0, 0.1) is 0 Å². The predicted octanol–water partition coefficient (Wildman–Crippen LogP) is 10.8. The quantitative estimate of drug-likeness (QED) is 0.210. The van der Waals surface area contributed by atoms with Crippen LogP contribution in [-0.4, -0.2) is 21.4 Å². The molecule has 0 saturated heterocycles. The molecule has 0 radical (unpaired) electrons. The van der Waals surface area contributed by atoms with E-state index < -0.39 is 0 Å². The van der Waals surface area contributed by atoms with E-state index in [4.69, 9.17) is 9.98 Å². The summed E-state index contributed by atoms with van der Waals surface area (Å²) >= 11 is 0. The zero-order valence-corrected chi connectivity index (χ0v) is 26.1. The Labute approximate surface area is 242 Å². The highest BCUT2D eigenvalue weighted by molar-refractivity contribution is 5.99. The lowest BCUT2D eigenvalue weighted by molar-refractivity contribution is 0.834. The normalized spacial score (nSPS) is 12.4. The SMILES string of the molecule is CC(=Nc1c(C(C)C)cccc1C(C)C)c1ccc[nH]1.CC(=Nc1c(C(C)C)cccc1C(C)C)c1ccc[nH]1. The van der Waals surface area contributed by atoms with Gasteiger partial charge in [-0.25, -0.2) is 0 Å². The Morgan fingerprint density at radius 2 is 0.775 bits per heavy atom. The fraction of sp³-hybridized carbons (Fsp3) is 0.389. The van der Waals surface area contributed by atoms with Gasteiger partial charge in [0.25, 0.3) is 0 Å². The fourth-order valence-electron chi connectivity index (χ4n) is 4.85. The van der Waals surface area contributed by atoms with Gasteiger partial charge in [-0.1, -0.05) is 91.8 Å². The molecule has 212 valence electrons. The average molecular weight is 537 g/mol. The van der Waals surface area contributed by atoms with Crippen LogP contribution in [-0.2, 0) is 0 Å². The second kappa shape index (κ2) is 14.1. The molecule has 0 unspecified atom stereocenters. The molecule has 2 heterocycles.